The first kappa shape index (κ1) is 20.8. The second-order valence-electron chi connectivity index (χ2n) is 7.90. The highest BCUT2D eigenvalue weighted by molar-refractivity contribution is 5.92. The summed E-state index contributed by atoms with van der Waals surface area (Å²) in [4.78, 5) is 12.4. The Labute approximate surface area is 163 Å². The molecule has 3 nitrogen and oxygen atoms in total. The Bertz CT molecular complexity index is 798. The number of amides is 1. The number of nitrogens with one attached hydrogen (secondary N) is 1. The van der Waals surface area contributed by atoms with Gasteiger partial charge in [-0.2, -0.15) is 0 Å². The lowest BCUT2D eigenvalue weighted by molar-refractivity contribution is -0.117. The number of benzene rings is 2. The van der Waals surface area contributed by atoms with Crippen molar-refractivity contribution < 1.29 is 9.53 Å². The molecule has 1 atom stereocenters. The smallest absolute Gasteiger partial charge is 0.244 e. The van der Waals surface area contributed by atoms with Crippen molar-refractivity contribution in [2.24, 2.45) is 0 Å². The van der Waals surface area contributed by atoms with Gasteiger partial charge in [0.25, 0.3) is 0 Å². The van der Waals surface area contributed by atoms with E-state index < -0.39 is 0 Å². The topological polar surface area (TPSA) is 38.3 Å². The van der Waals surface area contributed by atoms with Crippen LogP contribution in [-0.4, -0.2) is 13.0 Å². The van der Waals surface area contributed by atoms with Crippen molar-refractivity contribution in [1.29, 1.82) is 0 Å². The van der Waals surface area contributed by atoms with Gasteiger partial charge in [0.05, 0.1) is 13.2 Å². The standard InChI is InChI=1S/C24H31NO2/c1-7-21(19-11-14-22(27-6)17(2)16-19)25-23(26)15-10-18-8-12-20(13-9-18)24(3,4)5/h8-16,21H,7H2,1-6H3,(H,25,26)/b15-10+/t21-/m0/s1. The average Bonchev–Trinajstić information content (AvgIpc) is 2.64. The summed E-state index contributed by atoms with van der Waals surface area (Å²) in [5.41, 5.74) is 4.59. The van der Waals surface area contributed by atoms with Crippen LogP contribution in [0.4, 0.5) is 0 Å². The van der Waals surface area contributed by atoms with Crippen LogP contribution >= 0.6 is 0 Å². The van der Waals surface area contributed by atoms with Crippen molar-refractivity contribution in [1.82, 2.24) is 5.32 Å². The first-order valence-corrected chi connectivity index (χ1v) is 9.48. The van der Waals surface area contributed by atoms with Gasteiger partial charge in [0.2, 0.25) is 5.91 Å². The molecule has 2 aromatic rings. The van der Waals surface area contributed by atoms with Crippen molar-refractivity contribution in [3.8, 4) is 5.75 Å². The molecule has 0 spiro atoms. The van der Waals surface area contributed by atoms with Crippen LogP contribution in [0.3, 0.4) is 0 Å². The third kappa shape index (κ3) is 5.72. The van der Waals surface area contributed by atoms with E-state index in [-0.39, 0.29) is 17.4 Å². The lowest BCUT2D eigenvalue weighted by Crippen LogP contribution is -2.26. The van der Waals surface area contributed by atoms with Crippen LogP contribution in [-0.2, 0) is 10.2 Å². The van der Waals surface area contributed by atoms with Gasteiger partial charge < -0.3 is 10.1 Å². The number of hydrogen-bond acceptors (Lipinski definition) is 2. The first-order valence-electron chi connectivity index (χ1n) is 9.48. The molecule has 2 aromatic carbocycles. The van der Waals surface area contributed by atoms with Crippen LogP contribution in [0.2, 0.25) is 0 Å². The summed E-state index contributed by atoms with van der Waals surface area (Å²) in [5, 5.41) is 3.09. The molecule has 27 heavy (non-hydrogen) atoms. The lowest BCUT2D eigenvalue weighted by Gasteiger charge is -2.19. The van der Waals surface area contributed by atoms with Gasteiger partial charge in [0.15, 0.2) is 0 Å². The van der Waals surface area contributed by atoms with Gasteiger partial charge in [-0.15, -0.1) is 0 Å². The molecule has 2 rings (SSSR count). The SMILES string of the molecule is CC[C@H](NC(=O)/C=C/c1ccc(C(C)(C)C)cc1)c1ccc(OC)c(C)c1. The fourth-order valence-corrected chi connectivity index (χ4v) is 3.03. The van der Waals surface area contributed by atoms with E-state index in [1.165, 1.54) is 5.56 Å². The van der Waals surface area contributed by atoms with Crippen molar-refractivity contribution >= 4 is 12.0 Å². The Hall–Kier alpha value is -2.55. The summed E-state index contributed by atoms with van der Waals surface area (Å²) in [6.07, 6.45) is 4.28. The molecule has 0 heterocycles. The summed E-state index contributed by atoms with van der Waals surface area (Å²) in [7, 11) is 1.67. The highest BCUT2D eigenvalue weighted by Gasteiger charge is 2.14. The molecule has 0 aliphatic rings. The number of rotatable bonds is 6. The van der Waals surface area contributed by atoms with Crippen LogP contribution in [0.1, 0.15) is 62.4 Å². The minimum atomic E-state index is -0.0878. The molecule has 0 aliphatic heterocycles. The van der Waals surface area contributed by atoms with Crippen LogP contribution in [0.25, 0.3) is 6.08 Å². The zero-order chi connectivity index (χ0) is 20.0. The molecular weight excluding hydrogens is 334 g/mol. The Morgan fingerprint density at radius 2 is 1.81 bits per heavy atom. The predicted molar refractivity (Wildman–Crippen MR) is 113 cm³/mol. The summed E-state index contributed by atoms with van der Waals surface area (Å²) in [6.45, 7) is 10.7. The lowest BCUT2D eigenvalue weighted by atomic mass is 9.87. The molecule has 0 saturated carbocycles. The van der Waals surface area contributed by atoms with Gasteiger partial charge in [-0.05, 0) is 53.2 Å². The Kier molecular flexibility index (Phi) is 6.84. The van der Waals surface area contributed by atoms with E-state index in [1.54, 1.807) is 13.2 Å². The Morgan fingerprint density at radius 3 is 2.33 bits per heavy atom. The fourth-order valence-electron chi connectivity index (χ4n) is 3.03. The maximum atomic E-state index is 12.4. The number of hydrogen-bond donors (Lipinski definition) is 1. The molecule has 0 fully saturated rings. The van der Waals surface area contributed by atoms with Crippen LogP contribution in [0, 0.1) is 6.92 Å². The molecule has 0 aromatic heterocycles. The number of ether oxygens (including phenoxy) is 1. The van der Waals surface area contributed by atoms with E-state index >= 15 is 0 Å². The maximum absolute atomic E-state index is 12.4. The highest BCUT2D eigenvalue weighted by Crippen LogP contribution is 2.24. The normalized spacial score (nSPS) is 12.8. The minimum Gasteiger partial charge on any atom is -0.496 e. The number of carbonyl (C=O) groups is 1. The number of methoxy groups -OCH3 is 1. The van der Waals surface area contributed by atoms with E-state index in [2.05, 4.69) is 63.3 Å². The van der Waals surface area contributed by atoms with Crippen molar-refractivity contribution in [2.45, 2.75) is 52.5 Å². The molecule has 1 amide bonds. The number of aryl methyl sites for hydroxylation is 1. The molecule has 0 saturated heterocycles. The highest BCUT2D eigenvalue weighted by atomic mass is 16.5. The van der Waals surface area contributed by atoms with Gasteiger partial charge in [-0.1, -0.05) is 64.1 Å². The minimum absolute atomic E-state index is 0.0185. The molecule has 3 heteroatoms. The van der Waals surface area contributed by atoms with Gasteiger partial charge in [-0.3, -0.25) is 4.79 Å². The summed E-state index contributed by atoms with van der Waals surface area (Å²) < 4.78 is 5.31. The summed E-state index contributed by atoms with van der Waals surface area (Å²) in [6, 6.07) is 14.3. The maximum Gasteiger partial charge on any atom is 0.244 e. The zero-order valence-corrected chi connectivity index (χ0v) is 17.3. The van der Waals surface area contributed by atoms with E-state index in [4.69, 9.17) is 4.74 Å². The van der Waals surface area contributed by atoms with Crippen molar-refractivity contribution in [3.63, 3.8) is 0 Å². The average molecular weight is 366 g/mol. The largest absolute Gasteiger partial charge is 0.496 e. The molecule has 0 aliphatic carbocycles. The molecular formula is C24H31NO2. The summed E-state index contributed by atoms with van der Waals surface area (Å²) in [5.74, 6) is 0.772. The molecule has 1 N–H and O–H groups in total. The van der Waals surface area contributed by atoms with Crippen LogP contribution in [0.15, 0.2) is 48.5 Å². The van der Waals surface area contributed by atoms with Crippen LogP contribution in [0.5, 0.6) is 5.75 Å². The molecule has 0 bridgehead atoms. The first-order chi connectivity index (χ1) is 12.7. The second kappa shape index (κ2) is 8.90. The third-order valence-corrected chi connectivity index (χ3v) is 4.75. The molecule has 0 unspecified atom stereocenters. The second-order valence-corrected chi connectivity index (χ2v) is 7.90. The van der Waals surface area contributed by atoms with Gasteiger partial charge in [-0.25, -0.2) is 0 Å². The Morgan fingerprint density at radius 1 is 1.15 bits per heavy atom. The summed E-state index contributed by atoms with van der Waals surface area (Å²) >= 11 is 0. The predicted octanol–water partition coefficient (Wildman–Crippen LogP) is 5.58. The van der Waals surface area contributed by atoms with Crippen LogP contribution < -0.4 is 10.1 Å². The van der Waals surface area contributed by atoms with E-state index in [1.807, 2.05) is 25.1 Å². The van der Waals surface area contributed by atoms with Crippen molar-refractivity contribution in [3.05, 3.63) is 70.8 Å². The number of carbonyl (C=O) groups excluding carboxylic acids is 1. The molecule has 144 valence electrons. The van der Waals surface area contributed by atoms with E-state index in [0.29, 0.717) is 0 Å². The zero-order valence-electron chi connectivity index (χ0n) is 17.3. The van der Waals surface area contributed by atoms with E-state index in [0.717, 1.165) is 28.9 Å². The van der Waals surface area contributed by atoms with Gasteiger partial charge >= 0.3 is 0 Å². The fraction of sp³-hybridized carbons (Fsp3) is 0.375. The van der Waals surface area contributed by atoms with Gasteiger partial charge in [0, 0.05) is 6.08 Å². The van der Waals surface area contributed by atoms with Gasteiger partial charge in [0.1, 0.15) is 5.75 Å². The van der Waals surface area contributed by atoms with E-state index in [9.17, 15) is 4.79 Å². The molecule has 0 radical (unpaired) electrons. The Balaban J connectivity index is 2.04. The van der Waals surface area contributed by atoms with Crippen molar-refractivity contribution in [2.75, 3.05) is 7.11 Å². The third-order valence-electron chi connectivity index (χ3n) is 4.75. The quantitative estimate of drug-likeness (QED) is 0.679. The monoisotopic (exact) mass is 365 g/mol.